The first-order chi connectivity index (χ1) is 8.58. The molecule has 0 N–H and O–H groups in total. The van der Waals surface area contributed by atoms with Gasteiger partial charge in [0.1, 0.15) is 5.69 Å². The zero-order valence-electron chi connectivity index (χ0n) is 10.9. The van der Waals surface area contributed by atoms with E-state index in [1.54, 1.807) is 0 Å². The first-order valence-corrected chi connectivity index (χ1v) is 7.50. The summed E-state index contributed by atoms with van der Waals surface area (Å²) in [6.45, 7) is 8.61. The van der Waals surface area contributed by atoms with Crippen molar-refractivity contribution in [3.63, 3.8) is 0 Å². The second-order valence-electron chi connectivity index (χ2n) is 4.52. The minimum absolute atomic E-state index is 1.04. The molecule has 0 saturated heterocycles. The zero-order chi connectivity index (χ0) is 12.9. The Balaban J connectivity index is 2.39. The van der Waals surface area contributed by atoms with Gasteiger partial charge in [0.2, 0.25) is 0 Å². The van der Waals surface area contributed by atoms with E-state index in [0.717, 1.165) is 5.69 Å². The van der Waals surface area contributed by atoms with Crippen molar-refractivity contribution in [3.05, 3.63) is 31.8 Å². The van der Waals surface area contributed by atoms with E-state index in [9.17, 15) is 0 Å². The van der Waals surface area contributed by atoms with Crippen molar-refractivity contribution in [3.8, 4) is 11.3 Å². The fourth-order valence-electron chi connectivity index (χ4n) is 2.40. The van der Waals surface area contributed by atoms with Crippen LogP contribution in [0, 0.1) is 27.7 Å². The molecule has 0 aliphatic heterocycles. The zero-order valence-corrected chi connectivity index (χ0v) is 12.5. The van der Waals surface area contributed by atoms with Gasteiger partial charge in [-0.1, -0.05) is 0 Å². The fourth-order valence-corrected chi connectivity index (χ4v) is 4.36. The molecule has 3 heterocycles. The van der Waals surface area contributed by atoms with E-state index in [2.05, 4.69) is 44.0 Å². The predicted octanol–water partition coefficient (Wildman–Crippen LogP) is 4.65. The molecule has 0 aliphatic rings. The highest BCUT2D eigenvalue weighted by molar-refractivity contribution is 7.13. The molecule has 4 heteroatoms. The lowest BCUT2D eigenvalue weighted by molar-refractivity contribution is 1.06. The van der Waals surface area contributed by atoms with E-state index in [1.165, 1.54) is 35.8 Å². The Morgan fingerprint density at radius 2 is 1.72 bits per heavy atom. The highest BCUT2D eigenvalue weighted by atomic mass is 32.1. The van der Waals surface area contributed by atoms with E-state index in [0.29, 0.717) is 0 Å². The highest BCUT2D eigenvalue weighted by Crippen LogP contribution is 2.38. The molecule has 0 fully saturated rings. The molecule has 0 aliphatic carbocycles. The van der Waals surface area contributed by atoms with Crippen LogP contribution in [0.1, 0.15) is 19.5 Å². The molecule has 3 rings (SSSR count). The number of nitrogens with zero attached hydrogens (tertiary/aromatic N) is 2. The van der Waals surface area contributed by atoms with E-state index in [1.807, 2.05) is 28.9 Å². The summed E-state index contributed by atoms with van der Waals surface area (Å²) in [4.78, 5) is 5.29. The molecular weight excluding hydrogens is 260 g/mol. The van der Waals surface area contributed by atoms with Crippen LogP contribution in [0.4, 0.5) is 0 Å². The lowest BCUT2D eigenvalue weighted by Crippen LogP contribution is -1.89. The highest BCUT2D eigenvalue weighted by Gasteiger charge is 2.15. The van der Waals surface area contributed by atoms with Gasteiger partial charge in [-0.15, -0.1) is 27.8 Å². The average molecular weight is 274 g/mol. The van der Waals surface area contributed by atoms with Crippen LogP contribution in [0.3, 0.4) is 0 Å². The third kappa shape index (κ3) is 1.68. The van der Waals surface area contributed by atoms with Crippen molar-refractivity contribution >= 4 is 33.4 Å². The quantitative estimate of drug-likeness (QED) is 0.645. The Kier molecular flexibility index (Phi) is 2.72. The second kappa shape index (κ2) is 4.14. The molecule has 18 heavy (non-hydrogen) atoms. The van der Waals surface area contributed by atoms with Gasteiger partial charge in [0, 0.05) is 35.8 Å². The molecule has 2 nitrogen and oxygen atoms in total. The van der Waals surface area contributed by atoms with Gasteiger partial charge in [-0.2, -0.15) is 5.10 Å². The summed E-state index contributed by atoms with van der Waals surface area (Å²) in [6.07, 6.45) is 1.88. The van der Waals surface area contributed by atoms with Crippen molar-refractivity contribution in [1.82, 2.24) is 10.2 Å². The summed E-state index contributed by atoms with van der Waals surface area (Å²) in [5.74, 6) is 0. The topological polar surface area (TPSA) is 25.8 Å². The minimum Gasteiger partial charge on any atom is -0.158 e. The van der Waals surface area contributed by atoms with Crippen LogP contribution in [-0.4, -0.2) is 10.2 Å². The number of fused-ring (bicyclic) bond motifs is 1. The maximum Gasteiger partial charge on any atom is 0.103 e. The Morgan fingerprint density at radius 3 is 2.39 bits per heavy atom. The summed E-state index contributed by atoms with van der Waals surface area (Å²) >= 11 is 3.65. The second-order valence-corrected chi connectivity index (χ2v) is 7.41. The van der Waals surface area contributed by atoms with Crippen LogP contribution in [0.25, 0.3) is 22.0 Å². The van der Waals surface area contributed by atoms with Crippen LogP contribution >= 0.6 is 22.7 Å². The molecule has 0 atom stereocenters. The third-order valence-corrected chi connectivity index (χ3v) is 5.19. The van der Waals surface area contributed by atoms with Gasteiger partial charge >= 0.3 is 0 Å². The molecule has 0 spiro atoms. The summed E-state index contributed by atoms with van der Waals surface area (Å²) in [5.41, 5.74) is 2.27. The van der Waals surface area contributed by atoms with Crippen molar-refractivity contribution in [2.45, 2.75) is 27.7 Å². The summed E-state index contributed by atoms with van der Waals surface area (Å²) in [7, 11) is 0. The van der Waals surface area contributed by atoms with Gasteiger partial charge in [0.05, 0.1) is 6.20 Å². The van der Waals surface area contributed by atoms with Crippen molar-refractivity contribution in [2.24, 2.45) is 0 Å². The Morgan fingerprint density at radius 1 is 0.944 bits per heavy atom. The van der Waals surface area contributed by atoms with E-state index in [-0.39, 0.29) is 0 Å². The molecule has 0 saturated carbocycles. The van der Waals surface area contributed by atoms with Gasteiger partial charge in [-0.05, 0) is 33.8 Å². The molecule has 3 aromatic heterocycles. The molecule has 0 aromatic carbocycles. The Hall–Kier alpha value is -1.26. The van der Waals surface area contributed by atoms with Crippen molar-refractivity contribution in [2.75, 3.05) is 0 Å². The monoisotopic (exact) mass is 274 g/mol. The van der Waals surface area contributed by atoms with E-state index >= 15 is 0 Å². The molecular formula is C14H14N2S2. The number of aromatic nitrogens is 2. The summed E-state index contributed by atoms with van der Waals surface area (Å²) < 4.78 is 0. The maximum atomic E-state index is 4.39. The lowest BCUT2D eigenvalue weighted by Gasteiger charge is -2.02. The third-order valence-electron chi connectivity index (χ3n) is 3.18. The smallest absolute Gasteiger partial charge is 0.103 e. The lowest BCUT2D eigenvalue weighted by atomic mass is 10.1. The average Bonchev–Trinajstić information content (AvgIpc) is 2.80. The Bertz CT molecular complexity index is 738. The molecule has 0 bridgehead atoms. The first-order valence-electron chi connectivity index (χ1n) is 5.86. The predicted molar refractivity (Wildman–Crippen MR) is 79.7 cm³/mol. The summed E-state index contributed by atoms with van der Waals surface area (Å²) in [6, 6.07) is 2.22. The number of thiophene rings is 2. The van der Waals surface area contributed by atoms with Crippen molar-refractivity contribution < 1.29 is 0 Å². The van der Waals surface area contributed by atoms with E-state index < -0.39 is 0 Å². The van der Waals surface area contributed by atoms with Gasteiger partial charge < -0.3 is 0 Å². The van der Waals surface area contributed by atoms with Gasteiger partial charge in [0.15, 0.2) is 0 Å². The largest absolute Gasteiger partial charge is 0.158 e. The van der Waals surface area contributed by atoms with Crippen molar-refractivity contribution in [1.29, 1.82) is 0 Å². The number of aryl methyl sites for hydroxylation is 4. The number of rotatable bonds is 1. The molecule has 0 amide bonds. The van der Waals surface area contributed by atoms with Crippen LogP contribution in [0.15, 0.2) is 12.3 Å². The van der Waals surface area contributed by atoms with Crippen LogP contribution in [-0.2, 0) is 0 Å². The number of hydrogen-bond donors (Lipinski definition) is 0. The number of hydrogen-bond acceptors (Lipinski definition) is 4. The Labute approximate surface area is 114 Å². The van der Waals surface area contributed by atoms with Gasteiger partial charge in [-0.3, -0.25) is 0 Å². The van der Waals surface area contributed by atoms with Crippen LogP contribution in [0.5, 0.6) is 0 Å². The van der Waals surface area contributed by atoms with Crippen LogP contribution in [0.2, 0.25) is 0 Å². The van der Waals surface area contributed by atoms with Gasteiger partial charge in [0.25, 0.3) is 0 Å². The van der Waals surface area contributed by atoms with Crippen LogP contribution < -0.4 is 0 Å². The SMILES string of the molecule is Cc1cc(-c2nncc3c(C)sc(C)c23)c(C)s1. The van der Waals surface area contributed by atoms with Gasteiger partial charge in [-0.25, -0.2) is 0 Å². The summed E-state index contributed by atoms with van der Waals surface area (Å²) in [5, 5.41) is 11.1. The maximum absolute atomic E-state index is 4.39. The minimum atomic E-state index is 1.04. The standard InChI is InChI=1S/C14H14N2S2/c1-7-5-11(8(2)17-7)14-13-10(4)18-9(3)12(13)6-15-16-14/h5-6H,1-4H3. The normalized spacial score (nSPS) is 11.3. The first kappa shape index (κ1) is 11.8. The molecule has 3 aromatic rings. The fraction of sp³-hybridized carbons (Fsp3) is 0.286. The van der Waals surface area contributed by atoms with E-state index in [4.69, 9.17) is 0 Å². The molecule has 0 radical (unpaired) electrons. The molecule has 0 unspecified atom stereocenters. The molecule has 92 valence electrons.